The number of nitrogens with one attached hydrogen (secondary N) is 2. The minimum Gasteiger partial charge on any atom is -0.493 e. The Bertz CT molecular complexity index is 844. The molecule has 0 aliphatic heterocycles. The Morgan fingerprint density at radius 2 is 1.69 bits per heavy atom. The molecule has 2 aromatic carbocycles. The van der Waals surface area contributed by atoms with Gasteiger partial charge in [-0.15, -0.1) is 0 Å². The van der Waals surface area contributed by atoms with E-state index >= 15 is 0 Å². The van der Waals surface area contributed by atoms with Gasteiger partial charge in [0.1, 0.15) is 0 Å². The van der Waals surface area contributed by atoms with Crippen molar-refractivity contribution < 1.29 is 19.1 Å². The van der Waals surface area contributed by atoms with Crippen LogP contribution in [0.15, 0.2) is 36.4 Å². The number of ether oxygens (including phenoxy) is 2. The largest absolute Gasteiger partial charge is 0.493 e. The highest BCUT2D eigenvalue weighted by molar-refractivity contribution is 6.06. The van der Waals surface area contributed by atoms with Crippen LogP contribution in [0, 0.1) is 12.8 Å². The molecular weight excluding hydrogens is 332 g/mol. The lowest BCUT2D eigenvalue weighted by Crippen LogP contribution is -2.16. The number of amides is 2. The van der Waals surface area contributed by atoms with E-state index in [1.54, 1.807) is 50.6 Å². The Kier molecular flexibility index (Phi) is 5.11. The summed E-state index contributed by atoms with van der Waals surface area (Å²) >= 11 is 0. The van der Waals surface area contributed by atoms with Crippen LogP contribution in [0.1, 0.15) is 28.8 Å². The van der Waals surface area contributed by atoms with Gasteiger partial charge < -0.3 is 20.1 Å². The number of aryl methyl sites for hydroxylation is 1. The summed E-state index contributed by atoms with van der Waals surface area (Å²) in [4.78, 5) is 24.5. The van der Waals surface area contributed by atoms with Crippen molar-refractivity contribution in [2.75, 3.05) is 24.9 Å². The normalized spacial score (nSPS) is 13.0. The first-order valence-electron chi connectivity index (χ1n) is 8.46. The van der Waals surface area contributed by atoms with Crippen LogP contribution < -0.4 is 20.1 Å². The fourth-order valence-electron chi connectivity index (χ4n) is 2.64. The molecule has 1 aliphatic rings. The molecule has 6 heteroatoms. The summed E-state index contributed by atoms with van der Waals surface area (Å²) in [7, 11) is 3.11. The van der Waals surface area contributed by atoms with E-state index in [9.17, 15) is 9.59 Å². The predicted molar refractivity (Wildman–Crippen MR) is 100 cm³/mol. The van der Waals surface area contributed by atoms with E-state index in [0.717, 1.165) is 18.4 Å². The number of anilines is 2. The highest BCUT2D eigenvalue weighted by atomic mass is 16.5. The second kappa shape index (κ2) is 7.47. The van der Waals surface area contributed by atoms with Gasteiger partial charge in [-0.05, 0) is 49.6 Å². The van der Waals surface area contributed by atoms with Crippen LogP contribution in [0.3, 0.4) is 0 Å². The second-order valence-corrected chi connectivity index (χ2v) is 6.32. The van der Waals surface area contributed by atoms with Crippen molar-refractivity contribution in [3.63, 3.8) is 0 Å². The maximum Gasteiger partial charge on any atom is 0.255 e. The number of hydrogen-bond acceptors (Lipinski definition) is 4. The van der Waals surface area contributed by atoms with Crippen molar-refractivity contribution >= 4 is 23.2 Å². The minimum absolute atomic E-state index is 0.0123. The Hall–Kier alpha value is -3.02. The standard InChI is InChI=1S/C20H22N2O4/c1-12-9-17(25-2)18(26-3)11-16(12)22-20(24)14-5-4-6-15(10-14)21-19(23)13-7-8-13/h4-6,9-11,13H,7-8H2,1-3H3,(H,21,23)(H,22,24). The molecule has 0 spiro atoms. The van der Waals surface area contributed by atoms with Crippen LogP contribution in [0.2, 0.25) is 0 Å². The monoisotopic (exact) mass is 354 g/mol. The third kappa shape index (κ3) is 3.96. The average molecular weight is 354 g/mol. The molecule has 0 bridgehead atoms. The van der Waals surface area contributed by atoms with Gasteiger partial charge in [0.25, 0.3) is 5.91 Å². The zero-order valence-electron chi connectivity index (χ0n) is 15.1. The van der Waals surface area contributed by atoms with Crippen molar-refractivity contribution in [1.29, 1.82) is 0 Å². The maximum atomic E-state index is 12.6. The lowest BCUT2D eigenvalue weighted by molar-refractivity contribution is -0.117. The molecule has 2 amide bonds. The van der Waals surface area contributed by atoms with Crippen molar-refractivity contribution in [1.82, 2.24) is 0 Å². The van der Waals surface area contributed by atoms with Crippen LogP contribution in [-0.2, 0) is 4.79 Å². The van der Waals surface area contributed by atoms with Crippen molar-refractivity contribution in [3.05, 3.63) is 47.5 Å². The first-order chi connectivity index (χ1) is 12.5. The molecule has 136 valence electrons. The summed E-state index contributed by atoms with van der Waals surface area (Å²) < 4.78 is 10.5. The van der Waals surface area contributed by atoms with E-state index in [0.29, 0.717) is 28.4 Å². The number of methoxy groups -OCH3 is 2. The molecule has 1 fully saturated rings. The van der Waals surface area contributed by atoms with Gasteiger partial charge in [-0.25, -0.2) is 0 Å². The average Bonchev–Trinajstić information content (AvgIpc) is 3.48. The molecule has 6 nitrogen and oxygen atoms in total. The molecule has 0 radical (unpaired) electrons. The molecule has 3 rings (SSSR count). The molecule has 0 unspecified atom stereocenters. The molecule has 26 heavy (non-hydrogen) atoms. The van der Waals surface area contributed by atoms with Gasteiger partial charge >= 0.3 is 0 Å². The molecule has 0 atom stereocenters. The topological polar surface area (TPSA) is 76.7 Å². The van der Waals surface area contributed by atoms with Gasteiger partial charge in [0.05, 0.1) is 14.2 Å². The van der Waals surface area contributed by atoms with Crippen LogP contribution in [0.4, 0.5) is 11.4 Å². The minimum atomic E-state index is -0.261. The maximum absolute atomic E-state index is 12.6. The fraction of sp³-hybridized carbons (Fsp3) is 0.300. The number of carbonyl (C=O) groups excluding carboxylic acids is 2. The predicted octanol–water partition coefficient (Wildman–Crippen LogP) is 3.61. The third-order valence-electron chi connectivity index (χ3n) is 4.32. The zero-order valence-corrected chi connectivity index (χ0v) is 15.1. The van der Waals surface area contributed by atoms with E-state index in [2.05, 4.69) is 10.6 Å². The van der Waals surface area contributed by atoms with E-state index in [1.807, 2.05) is 6.92 Å². The third-order valence-corrected chi connectivity index (χ3v) is 4.32. The van der Waals surface area contributed by atoms with Gasteiger partial charge in [-0.3, -0.25) is 9.59 Å². The smallest absolute Gasteiger partial charge is 0.255 e. The van der Waals surface area contributed by atoms with Gasteiger partial charge in [0.15, 0.2) is 11.5 Å². The first-order valence-corrected chi connectivity index (χ1v) is 8.46. The molecular formula is C20H22N2O4. The van der Waals surface area contributed by atoms with Gasteiger partial charge in [0, 0.05) is 28.9 Å². The summed E-state index contributed by atoms with van der Waals surface area (Å²) in [6, 6.07) is 10.4. The Balaban J connectivity index is 1.76. The van der Waals surface area contributed by atoms with Crippen LogP contribution in [0.5, 0.6) is 11.5 Å². The Morgan fingerprint density at radius 1 is 1.00 bits per heavy atom. The second-order valence-electron chi connectivity index (χ2n) is 6.32. The quantitative estimate of drug-likeness (QED) is 0.831. The Labute approximate surface area is 152 Å². The highest BCUT2D eigenvalue weighted by Crippen LogP contribution is 2.33. The van der Waals surface area contributed by atoms with E-state index in [-0.39, 0.29) is 17.7 Å². The summed E-state index contributed by atoms with van der Waals surface area (Å²) in [6.07, 6.45) is 1.87. The van der Waals surface area contributed by atoms with E-state index < -0.39 is 0 Å². The van der Waals surface area contributed by atoms with Gasteiger partial charge in [0.2, 0.25) is 5.91 Å². The number of hydrogen-bond donors (Lipinski definition) is 2. The molecule has 1 aliphatic carbocycles. The van der Waals surface area contributed by atoms with E-state index in [1.165, 1.54) is 0 Å². The first kappa shape index (κ1) is 17.8. The van der Waals surface area contributed by atoms with Gasteiger partial charge in [-0.2, -0.15) is 0 Å². The zero-order chi connectivity index (χ0) is 18.7. The van der Waals surface area contributed by atoms with Crippen molar-refractivity contribution in [2.24, 2.45) is 5.92 Å². The van der Waals surface area contributed by atoms with Crippen molar-refractivity contribution in [3.8, 4) is 11.5 Å². The Morgan fingerprint density at radius 3 is 2.35 bits per heavy atom. The summed E-state index contributed by atoms with van der Waals surface area (Å²) in [5.74, 6) is 1.01. The molecule has 2 N–H and O–H groups in total. The number of rotatable bonds is 6. The molecule has 2 aromatic rings. The summed E-state index contributed by atoms with van der Waals surface area (Å²) in [5.41, 5.74) is 2.58. The lowest BCUT2D eigenvalue weighted by Gasteiger charge is -2.14. The van der Waals surface area contributed by atoms with Crippen LogP contribution in [-0.4, -0.2) is 26.0 Å². The number of carbonyl (C=O) groups is 2. The molecule has 0 aromatic heterocycles. The summed E-state index contributed by atoms with van der Waals surface area (Å²) in [6.45, 7) is 1.88. The SMILES string of the molecule is COc1cc(C)c(NC(=O)c2cccc(NC(=O)C3CC3)c2)cc1OC. The highest BCUT2D eigenvalue weighted by Gasteiger charge is 2.29. The molecule has 1 saturated carbocycles. The van der Waals surface area contributed by atoms with Crippen molar-refractivity contribution in [2.45, 2.75) is 19.8 Å². The molecule has 0 saturated heterocycles. The van der Waals surface area contributed by atoms with E-state index in [4.69, 9.17) is 9.47 Å². The summed E-state index contributed by atoms with van der Waals surface area (Å²) in [5, 5.41) is 5.73. The van der Waals surface area contributed by atoms with Crippen LogP contribution in [0.25, 0.3) is 0 Å². The van der Waals surface area contributed by atoms with Gasteiger partial charge in [-0.1, -0.05) is 6.07 Å². The van der Waals surface area contributed by atoms with Crippen LogP contribution >= 0.6 is 0 Å². The number of benzene rings is 2. The fourth-order valence-corrected chi connectivity index (χ4v) is 2.64. The lowest BCUT2D eigenvalue weighted by atomic mass is 10.1. The molecule has 0 heterocycles.